The molecular weight excluding hydrogens is 312 g/mol. The largest absolute Gasteiger partial charge is 0.349 e. The number of aromatic nitrogens is 4. The number of nitrogens with zero attached hydrogens (tertiary/aromatic N) is 4. The Balaban J connectivity index is 0.000000196. The number of hydrogen-bond acceptors (Lipinski definition) is 4. The smallest absolute Gasteiger partial charge is 0.137 e. The molecule has 0 aliphatic carbocycles. The first-order valence-electron chi connectivity index (χ1n) is 7.97. The van der Waals surface area contributed by atoms with E-state index in [9.17, 15) is 0 Å². The van der Waals surface area contributed by atoms with E-state index < -0.39 is 0 Å². The van der Waals surface area contributed by atoms with Crippen LogP contribution < -0.4 is 0 Å². The maximum absolute atomic E-state index is 8.76. The van der Waals surface area contributed by atoms with Crippen molar-refractivity contribution in [3.63, 3.8) is 0 Å². The van der Waals surface area contributed by atoms with Crippen molar-refractivity contribution in [3.05, 3.63) is 59.9 Å². The van der Waals surface area contributed by atoms with Gasteiger partial charge in [0.2, 0.25) is 0 Å². The van der Waals surface area contributed by atoms with Gasteiger partial charge in [-0.05, 0) is 20.8 Å². The number of aryl methyl sites for hydroxylation is 1. The van der Waals surface area contributed by atoms with Crippen LogP contribution in [0.4, 0.5) is 0 Å². The summed E-state index contributed by atoms with van der Waals surface area (Å²) >= 11 is 0. The van der Waals surface area contributed by atoms with Crippen molar-refractivity contribution in [2.45, 2.75) is 32.6 Å². The van der Waals surface area contributed by atoms with Crippen LogP contribution >= 0.6 is 0 Å². The van der Waals surface area contributed by atoms with Crippen LogP contribution in [0.15, 0.2) is 42.7 Å². The molecule has 3 rings (SSSR count). The molecule has 0 bridgehead atoms. The molecule has 0 spiro atoms. The number of nitriles is 2. The molecular formula is C19H20N6. The van der Waals surface area contributed by atoms with E-state index in [0.29, 0.717) is 0 Å². The highest BCUT2D eigenvalue weighted by atomic mass is 14.9. The first-order chi connectivity index (χ1) is 12.0. The van der Waals surface area contributed by atoms with Crippen molar-refractivity contribution in [2.75, 3.05) is 0 Å². The SMILES string of the molecule is CC(C#N)c1c[nH]c(-c2ccccc2)n1.Cc1nc(C(C)C#N)c[nH]1. The Morgan fingerprint density at radius 3 is 1.96 bits per heavy atom. The highest BCUT2D eigenvalue weighted by Crippen LogP contribution is 2.18. The number of H-pyrrole nitrogens is 2. The second-order valence-corrected chi connectivity index (χ2v) is 5.65. The van der Waals surface area contributed by atoms with Crippen molar-refractivity contribution in [1.82, 2.24) is 19.9 Å². The van der Waals surface area contributed by atoms with Gasteiger partial charge in [-0.2, -0.15) is 10.5 Å². The lowest BCUT2D eigenvalue weighted by Gasteiger charge is -1.95. The van der Waals surface area contributed by atoms with E-state index in [-0.39, 0.29) is 11.8 Å². The van der Waals surface area contributed by atoms with Gasteiger partial charge in [0.1, 0.15) is 11.6 Å². The monoisotopic (exact) mass is 332 g/mol. The van der Waals surface area contributed by atoms with Gasteiger partial charge in [0, 0.05) is 18.0 Å². The quantitative estimate of drug-likeness (QED) is 0.754. The second-order valence-electron chi connectivity index (χ2n) is 5.65. The fourth-order valence-corrected chi connectivity index (χ4v) is 2.09. The molecule has 0 saturated heterocycles. The minimum Gasteiger partial charge on any atom is -0.349 e. The molecule has 0 amide bonds. The molecule has 2 heterocycles. The third kappa shape index (κ3) is 4.79. The minimum atomic E-state index is -0.168. The lowest BCUT2D eigenvalue weighted by Crippen LogP contribution is -1.88. The molecule has 0 aliphatic heterocycles. The maximum Gasteiger partial charge on any atom is 0.137 e. The first-order valence-corrected chi connectivity index (χ1v) is 7.97. The lowest BCUT2D eigenvalue weighted by atomic mass is 10.1. The third-order valence-corrected chi connectivity index (χ3v) is 3.65. The topological polar surface area (TPSA) is 105 Å². The van der Waals surface area contributed by atoms with E-state index in [2.05, 4.69) is 32.1 Å². The Bertz CT molecular complexity index is 879. The second kappa shape index (κ2) is 8.47. The first kappa shape index (κ1) is 18.0. The summed E-state index contributed by atoms with van der Waals surface area (Å²) in [5, 5.41) is 17.3. The summed E-state index contributed by atoms with van der Waals surface area (Å²) < 4.78 is 0. The Labute approximate surface area is 147 Å². The summed E-state index contributed by atoms with van der Waals surface area (Å²) in [4.78, 5) is 14.5. The molecule has 126 valence electrons. The van der Waals surface area contributed by atoms with Gasteiger partial charge in [0.25, 0.3) is 0 Å². The van der Waals surface area contributed by atoms with Gasteiger partial charge in [0.15, 0.2) is 0 Å². The predicted molar refractivity (Wildman–Crippen MR) is 95.4 cm³/mol. The van der Waals surface area contributed by atoms with E-state index >= 15 is 0 Å². The normalized spacial score (nSPS) is 12.2. The average Bonchev–Trinajstić information content (AvgIpc) is 3.31. The van der Waals surface area contributed by atoms with E-state index in [1.807, 2.05) is 51.1 Å². The fourth-order valence-electron chi connectivity index (χ4n) is 2.09. The summed E-state index contributed by atoms with van der Waals surface area (Å²) in [6, 6.07) is 14.1. The molecule has 0 saturated carbocycles. The van der Waals surface area contributed by atoms with E-state index in [1.165, 1.54) is 0 Å². The van der Waals surface area contributed by atoms with E-state index in [0.717, 1.165) is 28.6 Å². The summed E-state index contributed by atoms with van der Waals surface area (Å²) in [7, 11) is 0. The number of rotatable bonds is 3. The van der Waals surface area contributed by atoms with Crippen molar-refractivity contribution < 1.29 is 0 Å². The molecule has 6 heteroatoms. The van der Waals surface area contributed by atoms with Gasteiger partial charge in [-0.3, -0.25) is 0 Å². The standard InChI is InChI=1S/C12H11N3.C7H9N3/c1-9(7-13)11-8-14-12(15-11)10-5-3-2-4-6-10;1-5(3-8)7-4-9-6(2)10-7/h2-6,8-9H,1H3,(H,14,15);4-5H,1-2H3,(H,9,10). The van der Waals surface area contributed by atoms with E-state index in [1.54, 1.807) is 12.4 Å². The van der Waals surface area contributed by atoms with Crippen molar-refractivity contribution in [1.29, 1.82) is 10.5 Å². The van der Waals surface area contributed by atoms with Crippen molar-refractivity contribution in [2.24, 2.45) is 0 Å². The number of benzene rings is 1. The zero-order valence-corrected chi connectivity index (χ0v) is 14.5. The average molecular weight is 332 g/mol. The molecule has 2 unspecified atom stereocenters. The fraction of sp³-hybridized carbons (Fsp3) is 0.263. The number of aromatic amines is 2. The summed E-state index contributed by atoms with van der Waals surface area (Å²) in [5.41, 5.74) is 2.64. The molecule has 2 atom stereocenters. The molecule has 1 aromatic carbocycles. The van der Waals surface area contributed by atoms with Crippen LogP contribution in [-0.2, 0) is 0 Å². The molecule has 3 aromatic rings. The summed E-state index contributed by atoms with van der Waals surface area (Å²) in [6.07, 6.45) is 3.56. The van der Waals surface area contributed by atoms with Gasteiger partial charge in [-0.1, -0.05) is 30.3 Å². The summed E-state index contributed by atoms with van der Waals surface area (Å²) in [6.45, 7) is 5.54. The lowest BCUT2D eigenvalue weighted by molar-refractivity contribution is 0.927. The van der Waals surface area contributed by atoms with Gasteiger partial charge >= 0.3 is 0 Å². The highest BCUT2D eigenvalue weighted by Gasteiger charge is 2.09. The Hall–Kier alpha value is -3.38. The predicted octanol–water partition coefficient (Wildman–Crippen LogP) is 4.05. The zero-order chi connectivity index (χ0) is 18.2. The van der Waals surface area contributed by atoms with Crippen LogP contribution in [0, 0.1) is 29.6 Å². The Kier molecular flexibility index (Phi) is 6.08. The van der Waals surface area contributed by atoms with Crippen LogP contribution in [0.3, 0.4) is 0 Å². The third-order valence-electron chi connectivity index (χ3n) is 3.65. The van der Waals surface area contributed by atoms with Crippen LogP contribution in [0.5, 0.6) is 0 Å². The molecule has 0 aliphatic rings. The number of nitrogens with one attached hydrogen (secondary N) is 2. The zero-order valence-electron chi connectivity index (χ0n) is 14.5. The summed E-state index contributed by atoms with van der Waals surface area (Å²) in [5.74, 6) is 1.40. The van der Waals surface area contributed by atoms with E-state index in [4.69, 9.17) is 10.5 Å². The van der Waals surface area contributed by atoms with Crippen LogP contribution in [0.2, 0.25) is 0 Å². The van der Waals surface area contributed by atoms with Crippen molar-refractivity contribution in [3.8, 4) is 23.5 Å². The van der Waals surface area contributed by atoms with Crippen LogP contribution in [0.25, 0.3) is 11.4 Å². The van der Waals surface area contributed by atoms with Crippen molar-refractivity contribution >= 4 is 0 Å². The molecule has 2 aromatic heterocycles. The van der Waals surface area contributed by atoms with Crippen LogP contribution in [-0.4, -0.2) is 19.9 Å². The maximum atomic E-state index is 8.76. The van der Waals surface area contributed by atoms with Crippen LogP contribution in [0.1, 0.15) is 42.9 Å². The molecule has 6 nitrogen and oxygen atoms in total. The number of imidazole rings is 2. The van der Waals surface area contributed by atoms with Gasteiger partial charge in [0.05, 0.1) is 35.4 Å². The van der Waals surface area contributed by atoms with Gasteiger partial charge in [-0.25, -0.2) is 9.97 Å². The highest BCUT2D eigenvalue weighted by molar-refractivity contribution is 5.54. The minimum absolute atomic E-state index is 0.107. The molecule has 0 fully saturated rings. The van der Waals surface area contributed by atoms with Gasteiger partial charge < -0.3 is 9.97 Å². The molecule has 25 heavy (non-hydrogen) atoms. The Morgan fingerprint density at radius 2 is 1.44 bits per heavy atom. The number of hydrogen-bond donors (Lipinski definition) is 2. The Morgan fingerprint density at radius 1 is 0.880 bits per heavy atom. The molecule has 2 N–H and O–H groups in total. The van der Waals surface area contributed by atoms with Gasteiger partial charge in [-0.15, -0.1) is 0 Å². The molecule has 0 radical (unpaired) electrons.